The van der Waals surface area contributed by atoms with Crippen molar-refractivity contribution in [2.45, 2.75) is 6.18 Å². The molecule has 0 atom stereocenters. The van der Waals surface area contributed by atoms with Crippen molar-refractivity contribution in [1.29, 1.82) is 0 Å². The fourth-order valence-electron chi connectivity index (χ4n) is 2.28. The van der Waals surface area contributed by atoms with Crippen LogP contribution in [0.1, 0.15) is 11.3 Å². The highest BCUT2D eigenvalue weighted by atomic mass is 35.5. The summed E-state index contributed by atoms with van der Waals surface area (Å²) in [6, 6.07) is 1.81. The average Bonchev–Trinajstić information content (AvgIpc) is 2.95. The Labute approximate surface area is 181 Å². The second-order valence-electron chi connectivity index (χ2n) is 5.63. The Balaban J connectivity index is 2.47. The Hall–Kier alpha value is -2.30. The predicted octanol–water partition coefficient (Wildman–Crippen LogP) is 4.85. The van der Waals surface area contributed by atoms with Gasteiger partial charge in [-0.15, -0.1) is 0 Å². The smallest absolute Gasteiger partial charge is 0.434 e. The molecule has 1 aromatic heterocycles. The van der Waals surface area contributed by atoms with Crippen molar-refractivity contribution in [2.75, 3.05) is 13.7 Å². The van der Waals surface area contributed by atoms with Gasteiger partial charge in [0.1, 0.15) is 16.5 Å². The maximum atomic E-state index is 14.4. The zero-order chi connectivity index (χ0) is 22.8. The third-order valence-corrected chi connectivity index (χ3v) is 4.57. The van der Waals surface area contributed by atoms with E-state index in [9.17, 15) is 27.2 Å². The number of aromatic nitrogens is 2. The average molecular weight is 490 g/mol. The second kappa shape index (κ2) is 9.23. The van der Waals surface area contributed by atoms with E-state index < -0.39 is 57.5 Å². The molecule has 6 nitrogen and oxygen atoms in total. The molecule has 0 N–H and O–H groups in total. The standard InChI is InChI=1S/C17H11Cl3F4N2O4/c1-26-15(17(22,23)24)13(20)14(25-26)8-3-7(9(18)5-11(8)21)4-10(19)16(28)30-6-12(27)29-2/h3-5H,6H2,1-2H3. The lowest BCUT2D eigenvalue weighted by Gasteiger charge is -2.07. The van der Waals surface area contributed by atoms with E-state index >= 15 is 0 Å². The fraction of sp³-hybridized carbons (Fsp3) is 0.235. The Bertz CT molecular complexity index is 1030. The summed E-state index contributed by atoms with van der Waals surface area (Å²) in [5.74, 6) is -2.95. The lowest BCUT2D eigenvalue weighted by molar-refractivity contribution is -0.154. The van der Waals surface area contributed by atoms with Gasteiger partial charge in [-0.05, 0) is 23.8 Å². The summed E-state index contributed by atoms with van der Waals surface area (Å²) in [6.07, 6.45) is -3.84. The molecule has 162 valence electrons. The number of methoxy groups -OCH3 is 1. The summed E-state index contributed by atoms with van der Waals surface area (Å²) >= 11 is 17.5. The summed E-state index contributed by atoms with van der Waals surface area (Å²) in [4.78, 5) is 22.8. The molecule has 0 fully saturated rings. The van der Waals surface area contributed by atoms with Gasteiger partial charge in [0.15, 0.2) is 12.3 Å². The Morgan fingerprint density at radius 1 is 1.27 bits per heavy atom. The third kappa shape index (κ3) is 5.24. The van der Waals surface area contributed by atoms with E-state index in [1.165, 1.54) is 0 Å². The van der Waals surface area contributed by atoms with Crippen LogP contribution in [-0.4, -0.2) is 35.4 Å². The van der Waals surface area contributed by atoms with Crippen LogP contribution in [0, 0.1) is 5.82 Å². The van der Waals surface area contributed by atoms with Gasteiger partial charge < -0.3 is 9.47 Å². The topological polar surface area (TPSA) is 70.4 Å². The van der Waals surface area contributed by atoms with Gasteiger partial charge in [0.25, 0.3) is 0 Å². The lowest BCUT2D eigenvalue weighted by Crippen LogP contribution is -2.14. The quantitative estimate of drug-likeness (QED) is 0.341. The molecule has 0 saturated carbocycles. The number of esters is 2. The number of benzene rings is 1. The highest BCUT2D eigenvalue weighted by molar-refractivity contribution is 6.43. The van der Waals surface area contributed by atoms with E-state index in [-0.39, 0.29) is 10.6 Å². The van der Waals surface area contributed by atoms with E-state index in [0.29, 0.717) is 4.68 Å². The number of carbonyl (C=O) groups excluding carboxylic acids is 2. The number of hydrogen-bond donors (Lipinski definition) is 0. The molecule has 0 aliphatic rings. The highest BCUT2D eigenvalue weighted by Crippen LogP contribution is 2.41. The van der Waals surface area contributed by atoms with Crippen molar-refractivity contribution in [2.24, 2.45) is 7.05 Å². The number of rotatable bonds is 5. The number of aryl methyl sites for hydroxylation is 1. The van der Waals surface area contributed by atoms with Crippen molar-refractivity contribution >= 4 is 52.8 Å². The Morgan fingerprint density at radius 3 is 2.43 bits per heavy atom. The van der Waals surface area contributed by atoms with E-state index in [1.807, 2.05) is 0 Å². The summed E-state index contributed by atoms with van der Waals surface area (Å²) in [5, 5.41) is 2.07. The first-order valence-corrected chi connectivity index (χ1v) is 8.90. The molecule has 0 aliphatic carbocycles. The predicted molar refractivity (Wildman–Crippen MR) is 100 cm³/mol. The van der Waals surface area contributed by atoms with Crippen molar-refractivity contribution in [3.05, 3.63) is 44.3 Å². The van der Waals surface area contributed by atoms with Crippen LogP contribution in [0.25, 0.3) is 17.3 Å². The molecule has 0 saturated heterocycles. The summed E-state index contributed by atoms with van der Waals surface area (Å²) in [6.45, 7) is -0.703. The maximum absolute atomic E-state index is 14.4. The first kappa shape index (κ1) is 24.0. The molecule has 0 radical (unpaired) electrons. The van der Waals surface area contributed by atoms with Crippen molar-refractivity contribution < 1.29 is 36.6 Å². The second-order valence-corrected chi connectivity index (χ2v) is 6.82. The first-order chi connectivity index (χ1) is 13.9. The van der Waals surface area contributed by atoms with Gasteiger partial charge in [-0.25, -0.2) is 14.0 Å². The van der Waals surface area contributed by atoms with Crippen LogP contribution in [-0.2, 0) is 32.3 Å². The number of carbonyl (C=O) groups is 2. The number of nitrogens with zero attached hydrogens (tertiary/aromatic N) is 2. The Kier molecular flexibility index (Phi) is 7.38. The molecule has 0 amide bonds. The number of alkyl halides is 3. The lowest BCUT2D eigenvalue weighted by atomic mass is 10.1. The monoisotopic (exact) mass is 488 g/mol. The first-order valence-electron chi connectivity index (χ1n) is 7.77. The van der Waals surface area contributed by atoms with Crippen LogP contribution in [0.3, 0.4) is 0 Å². The van der Waals surface area contributed by atoms with Crippen molar-refractivity contribution in [3.63, 3.8) is 0 Å². The van der Waals surface area contributed by atoms with Crippen LogP contribution >= 0.6 is 34.8 Å². The molecule has 0 bridgehead atoms. The molecule has 2 aromatic rings. The van der Waals surface area contributed by atoms with Gasteiger partial charge in [0.2, 0.25) is 0 Å². The van der Waals surface area contributed by atoms with Crippen molar-refractivity contribution in [1.82, 2.24) is 9.78 Å². The Morgan fingerprint density at radius 2 is 1.90 bits per heavy atom. The van der Waals surface area contributed by atoms with Crippen LogP contribution in [0.2, 0.25) is 10.0 Å². The van der Waals surface area contributed by atoms with Gasteiger partial charge >= 0.3 is 18.1 Å². The van der Waals surface area contributed by atoms with E-state index in [2.05, 4.69) is 14.6 Å². The van der Waals surface area contributed by atoms with Gasteiger partial charge in [0.05, 0.1) is 17.2 Å². The van der Waals surface area contributed by atoms with Gasteiger partial charge in [-0.1, -0.05) is 34.8 Å². The molecule has 1 aromatic carbocycles. The summed E-state index contributed by atoms with van der Waals surface area (Å²) in [5.41, 5.74) is -2.20. The highest BCUT2D eigenvalue weighted by Gasteiger charge is 2.39. The number of hydrogen-bond acceptors (Lipinski definition) is 5. The van der Waals surface area contributed by atoms with E-state index in [4.69, 9.17) is 34.8 Å². The van der Waals surface area contributed by atoms with E-state index in [1.54, 1.807) is 0 Å². The SMILES string of the molecule is COC(=O)COC(=O)C(Cl)=Cc1cc(-c2nn(C)c(C(F)(F)F)c2Cl)c(F)cc1Cl. The van der Waals surface area contributed by atoms with E-state index in [0.717, 1.165) is 32.4 Å². The molecule has 0 spiro atoms. The summed E-state index contributed by atoms with van der Waals surface area (Å²) < 4.78 is 63.1. The summed E-state index contributed by atoms with van der Waals surface area (Å²) in [7, 11) is 2.08. The maximum Gasteiger partial charge on any atom is 0.434 e. The normalized spacial score (nSPS) is 12.1. The number of ether oxygens (including phenoxy) is 2. The largest absolute Gasteiger partial charge is 0.466 e. The molecule has 2 rings (SSSR count). The van der Waals surface area contributed by atoms with Crippen LogP contribution < -0.4 is 0 Å². The molecular weight excluding hydrogens is 479 g/mol. The zero-order valence-electron chi connectivity index (χ0n) is 15.1. The minimum Gasteiger partial charge on any atom is -0.466 e. The minimum atomic E-state index is -4.82. The molecule has 1 heterocycles. The molecule has 30 heavy (non-hydrogen) atoms. The third-order valence-electron chi connectivity index (χ3n) is 3.63. The van der Waals surface area contributed by atoms with Crippen LogP contribution in [0.15, 0.2) is 17.2 Å². The molecule has 13 heteroatoms. The molecule has 0 aliphatic heterocycles. The fourth-order valence-corrected chi connectivity index (χ4v) is 3.03. The van der Waals surface area contributed by atoms with Gasteiger partial charge in [-0.2, -0.15) is 18.3 Å². The van der Waals surface area contributed by atoms with Crippen LogP contribution in [0.4, 0.5) is 17.6 Å². The minimum absolute atomic E-state index is 0.0386. The van der Waals surface area contributed by atoms with Crippen LogP contribution in [0.5, 0.6) is 0 Å². The van der Waals surface area contributed by atoms with Crippen molar-refractivity contribution in [3.8, 4) is 11.3 Å². The van der Waals surface area contributed by atoms with Gasteiger partial charge in [-0.3, -0.25) is 4.68 Å². The van der Waals surface area contributed by atoms with Gasteiger partial charge in [0, 0.05) is 12.6 Å². The molecule has 0 unspecified atom stereocenters. The molecular formula is C17H11Cl3F4N2O4. The number of halogens is 7. The zero-order valence-corrected chi connectivity index (χ0v) is 17.4.